The molecule has 0 aliphatic rings. The van der Waals surface area contributed by atoms with Crippen molar-refractivity contribution in [2.24, 2.45) is 0 Å². The van der Waals surface area contributed by atoms with Crippen molar-refractivity contribution >= 4 is 11.6 Å². The van der Waals surface area contributed by atoms with Gasteiger partial charge in [-0.3, -0.25) is 4.79 Å². The average molecular weight is 312 g/mol. The van der Waals surface area contributed by atoms with Gasteiger partial charge in [0.1, 0.15) is 5.75 Å². The summed E-state index contributed by atoms with van der Waals surface area (Å²) in [4.78, 5) is 13.9. The molecule has 0 saturated heterocycles. The third-order valence-electron chi connectivity index (χ3n) is 3.44. The van der Waals surface area contributed by atoms with Gasteiger partial charge < -0.3 is 15.0 Å². The van der Waals surface area contributed by atoms with Gasteiger partial charge in [0.15, 0.2) is 0 Å². The lowest BCUT2D eigenvalue weighted by atomic mass is 10.2. The van der Waals surface area contributed by atoms with Gasteiger partial charge in [-0.25, -0.2) is 0 Å². The van der Waals surface area contributed by atoms with Crippen LogP contribution < -0.4 is 10.1 Å². The van der Waals surface area contributed by atoms with E-state index in [9.17, 15) is 4.79 Å². The molecule has 0 atom stereocenters. The van der Waals surface area contributed by atoms with E-state index in [2.05, 4.69) is 12.2 Å². The highest BCUT2D eigenvalue weighted by Gasteiger charge is 2.09. The van der Waals surface area contributed by atoms with E-state index < -0.39 is 0 Å². The van der Waals surface area contributed by atoms with Crippen LogP contribution in [0.5, 0.6) is 5.75 Å². The van der Waals surface area contributed by atoms with Gasteiger partial charge in [0.25, 0.3) is 0 Å². The number of hydrogen-bond donors (Lipinski definition) is 1. The number of likely N-dealkylation sites (N-methyl/N-ethyl adjacent to an activating group) is 1. The van der Waals surface area contributed by atoms with Crippen LogP contribution in [-0.4, -0.2) is 31.0 Å². The van der Waals surface area contributed by atoms with Gasteiger partial charge in [0.2, 0.25) is 5.91 Å². The Morgan fingerprint density at radius 1 is 1.13 bits per heavy atom. The predicted octanol–water partition coefficient (Wildman–Crippen LogP) is 3.55. The number of benzene rings is 2. The first-order valence-corrected chi connectivity index (χ1v) is 7.93. The van der Waals surface area contributed by atoms with Crippen LogP contribution >= 0.6 is 0 Å². The smallest absolute Gasteiger partial charge is 0.241 e. The van der Waals surface area contributed by atoms with Gasteiger partial charge in [-0.05, 0) is 24.1 Å². The molecule has 2 rings (SSSR count). The Hall–Kier alpha value is -2.49. The van der Waals surface area contributed by atoms with Crippen LogP contribution in [0.25, 0.3) is 0 Å². The van der Waals surface area contributed by atoms with Gasteiger partial charge >= 0.3 is 0 Å². The zero-order valence-corrected chi connectivity index (χ0v) is 13.8. The topological polar surface area (TPSA) is 41.6 Å². The molecule has 0 aromatic heterocycles. The lowest BCUT2D eigenvalue weighted by Crippen LogP contribution is -2.31. The third-order valence-corrected chi connectivity index (χ3v) is 3.44. The van der Waals surface area contributed by atoms with Crippen molar-refractivity contribution in [3.63, 3.8) is 0 Å². The standard InChI is InChI=1S/C19H24N2O2/c1-3-12-23-18-11-7-10-17(13-18)20-14-19(22)21(2)15-16-8-5-4-6-9-16/h4-11,13,20H,3,12,14-15H2,1-2H3. The Morgan fingerprint density at radius 3 is 2.65 bits per heavy atom. The number of nitrogens with zero attached hydrogens (tertiary/aromatic N) is 1. The van der Waals surface area contributed by atoms with Crippen LogP contribution in [0.1, 0.15) is 18.9 Å². The fraction of sp³-hybridized carbons (Fsp3) is 0.316. The normalized spacial score (nSPS) is 10.2. The minimum Gasteiger partial charge on any atom is -0.494 e. The second-order valence-corrected chi connectivity index (χ2v) is 5.47. The zero-order valence-electron chi connectivity index (χ0n) is 13.8. The maximum absolute atomic E-state index is 12.2. The monoisotopic (exact) mass is 312 g/mol. The Labute approximate surface area is 138 Å². The van der Waals surface area contributed by atoms with Gasteiger partial charge in [-0.1, -0.05) is 43.3 Å². The quantitative estimate of drug-likeness (QED) is 0.810. The van der Waals surface area contributed by atoms with Crippen molar-refractivity contribution in [1.29, 1.82) is 0 Å². The summed E-state index contributed by atoms with van der Waals surface area (Å²) in [5, 5.41) is 3.16. The van der Waals surface area contributed by atoms with E-state index in [4.69, 9.17) is 4.74 Å². The van der Waals surface area contributed by atoms with Gasteiger partial charge in [-0.15, -0.1) is 0 Å². The molecule has 0 aliphatic carbocycles. The number of carbonyl (C=O) groups excluding carboxylic acids is 1. The molecule has 4 heteroatoms. The summed E-state index contributed by atoms with van der Waals surface area (Å²) in [5.41, 5.74) is 2.01. The highest BCUT2D eigenvalue weighted by atomic mass is 16.5. The van der Waals surface area contributed by atoms with E-state index in [1.54, 1.807) is 4.90 Å². The van der Waals surface area contributed by atoms with Gasteiger partial charge in [0.05, 0.1) is 13.2 Å². The zero-order chi connectivity index (χ0) is 16.5. The lowest BCUT2D eigenvalue weighted by molar-refractivity contribution is -0.128. The number of amides is 1. The largest absolute Gasteiger partial charge is 0.494 e. The average Bonchev–Trinajstić information content (AvgIpc) is 2.59. The molecular formula is C19H24N2O2. The fourth-order valence-corrected chi connectivity index (χ4v) is 2.17. The third kappa shape index (κ3) is 5.66. The SMILES string of the molecule is CCCOc1cccc(NCC(=O)N(C)Cc2ccccc2)c1. The van der Waals surface area contributed by atoms with Crippen molar-refractivity contribution < 1.29 is 9.53 Å². The van der Waals surface area contributed by atoms with Crippen molar-refractivity contribution in [2.75, 3.05) is 25.5 Å². The summed E-state index contributed by atoms with van der Waals surface area (Å²) >= 11 is 0. The van der Waals surface area contributed by atoms with Crippen LogP contribution in [0.3, 0.4) is 0 Å². The molecular weight excluding hydrogens is 288 g/mol. The van der Waals surface area contributed by atoms with Crippen molar-refractivity contribution in [1.82, 2.24) is 4.90 Å². The molecule has 0 bridgehead atoms. The molecule has 0 aliphatic heterocycles. The number of nitrogens with one attached hydrogen (secondary N) is 1. The van der Waals surface area contributed by atoms with E-state index in [1.807, 2.05) is 61.6 Å². The Kier molecular flexibility index (Phi) is 6.48. The molecule has 0 saturated carbocycles. The molecule has 122 valence electrons. The Balaban J connectivity index is 1.83. The number of hydrogen-bond acceptors (Lipinski definition) is 3. The lowest BCUT2D eigenvalue weighted by Gasteiger charge is -2.18. The fourth-order valence-electron chi connectivity index (χ4n) is 2.17. The summed E-state index contributed by atoms with van der Waals surface area (Å²) < 4.78 is 5.59. The van der Waals surface area contributed by atoms with E-state index in [1.165, 1.54) is 0 Å². The highest BCUT2D eigenvalue weighted by molar-refractivity contribution is 5.80. The molecule has 4 nitrogen and oxygen atoms in total. The Morgan fingerprint density at radius 2 is 1.91 bits per heavy atom. The molecule has 0 heterocycles. The first-order valence-electron chi connectivity index (χ1n) is 7.93. The number of anilines is 1. The van der Waals surface area contributed by atoms with Gasteiger partial charge in [-0.2, -0.15) is 0 Å². The van der Waals surface area contributed by atoms with Gasteiger partial charge in [0, 0.05) is 25.3 Å². The first-order chi connectivity index (χ1) is 11.2. The van der Waals surface area contributed by atoms with E-state index >= 15 is 0 Å². The molecule has 0 radical (unpaired) electrons. The summed E-state index contributed by atoms with van der Waals surface area (Å²) in [6, 6.07) is 17.7. The second kappa shape index (κ2) is 8.83. The summed E-state index contributed by atoms with van der Waals surface area (Å²) in [6.45, 7) is 3.65. The minimum atomic E-state index is 0.0498. The van der Waals surface area contributed by atoms with E-state index in [0.717, 1.165) is 23.4 Å². The summed E-state index contributed by atoms with van der Waals surface area (Å²) in [7, 11) is 1.82. The van der Waals surface area contributed by atoms with Crippen LogP contribution in [-0.2, 0) is 11.3 Å². The first kappa shape index (κ1) is 16.9. The molecule has 2 aromatic rings. The molecule has 0 fully saturated rings. The van der Waals surface area contributed by atoms with Crippen LogP contribution in [0.2, 0.25) is 0 Å². The molecule has 23 heavy (non-hydrogen) atoms. The molecule has 0 unspecified atom stereocenters. The second-order valence-electron chi connectivity index (χ2n) is 5.47. The number of carbonyl (C=O) groups is 1. The number of ether oxygens (including phenoxy) is 1. The van der Waals surface area contributed by atoms with Crippen LogP contribution in [0.4, 0.5) is 5.69 Å². The summed E-state index contributed by atoms with van der Waals surface area (Å²) in [5.74, 6) is 0.871. The molecule has 0 spiro atoms. The summed E-state index contributed by atoms with van der Waals surface area (Å²) in [6.07, 6.45) is 0.973. The van der Waals surface area contributed by atoms with Crippen molar-refractivity contribution in [3.8, 4) is 5.75 Å². The molecule has 1 N–H and O–H groups in total. The van der Waals surface area contributed by atoms with E-state index in [0.29, 0.717) is 13.2 Å². The van der Waals surface area contributed by atoms with Crippen LogP contribution in [0.15, 0.2) is 54.6 Å². The highest BCUT2D eigenvalue weighted by Crippen LogP contribution is 2.17. The minimum absolute atomic E-state index is 0.0498. The van der Waals surface area contributed by atoms with Crippen molar-refractivity contribution in [3.05, 3.63) is 60.2 Å². The Bertz CT molecular complexity index is 614. The maximum Gasteiger partial charge on any atom is 0.241 e. The maximum atomic E-state index is 12.2. The predicted molar refractivity (Wildman–Crippen MR) is 93.6 cm³/mol. The number of rotatable bonds is 8. The van der Waals surface area contributed by atoms with Crippen molar-refractivity contribution in [2.45, 2.75) is 19.9 Å². The van der Waals surface area contributed by atoms with Crippen LogP contribution in [0, 0.1) is 0 Å². The van der Waals surface area contributed by atoms with E-state index in [-0.39, 0.29) is 12.5 Å². The molecule has 2 aromatic carbocycles. The molecule has 1 amide bonds.